The van der Waals surface area contributed by atoms with E-state index in [1.165, 1.54) is 30.0 Å². The number of anilines is 2. The highest BCUT2D eigenvalue weighted by Crippen LogP contribution is 2.31. The predicted octanol–water partition coefficient (Wildman–Crippen LogP) is 2.23. The van der Waals surface area contributed by atoms with E-state index in [1.807, 2.05) is 0 Å². The van der Waals surface area contributed by atoms with Crippen LogP contribution in [-0.2, 0) is 9.53 Å². The third-order valence-electron chi connectivity index (χ3n) is 4.50. The van der Waals surface area contributed by atoms with Gasteiger partial charge in [0.2, 0.25) is 5.91 Å². The van der Waals surface area contributed by atoms with E-state index in [9.17, 15) is 18.8 Å². The van der Waals surface area contributed by atoms with E-state index in [2.05, 4.69) is 10.6 Å². The highest BCUT2D eigenvalue weighted by atomic mass is 19.1. The average molecular weight is 364 g/mol. The first-order valence-electron chi connectivity index (χ1n) is 8.35. The molecule has 0 aromatic heterocycles. The summed E-state index contributed by atoms with van der Waals surface area (Å²) in [6, 6.07) is 3.58. The summed E-state index contributed by atoms with van der Waals surface area (Å²) in [5.41, 5.74) is -0.317. The van der Waals surface area contributed by atoms with Crippen molar-refractivity contribution in [3.8, 4) is 0 Å². The molecule has 0 saturated carbocycles. The first-order valence-corrected chi connectivity index (χ1v) is 8.35. The Bertz CT molecular complexity index is 756. The fourth-order valence-electron chi connectivity index (χ4n) is 3.37. The van der Waals surface area contributed by atoms with Gasteiger partial charge in [-0.2, -0.15) is 0 Å². The summed E-state index contributed by atoms with van der Waals surface area (Å²) in [4.78, 5) is 38.5. The van der Waals surface area contributed by atoms with E-state index in [4.69, 9.17) is 4.74 Å². The molecular formula is C17H21FN4O4. The minimum absolute atomic E-state index is 0.00300. The van der Waals surface area contributed by atoms with Gasteiger partial charge in [-0.3, -0.25) is 4.79 Å². The number of nitrogens with one attached hydrogen (secondary N) is 2. The molecule has 2 fully saturated rings. The van der Waals surface area contributed by atoms with Crippen molar-refractivity contribution in [3.05, 3.63) is 24.0 Å². The van der Waals surface area contributed by atoms with Gasteiger partial charge in [0, 0.05) is 26.2 Å². The van der Waals surface area contributed by atoms with Gasteiger partial charge in [-0.1, -0.05) is 0 Å². The van der Waals surface area contributed by atoms with Gasteiger partial charge in [0.15, 0.2) is 0 Å². The summed E-state index contributed by atoms with van der Waals surface area (Å²) < 4.78 is 19.2. The molecule has 26 heavy (non-hydrogen) atoms. The van der Waals surface area contributed by atoms with E-state index < -0.39 is 17.3 Å². The van der Waals surface area contributed by atoms with Crippen molar-refractivity contribution in [1.29, 1.82) is 0 Å². The zero-order valence-corrected chi connectivity index (χ0v) is 14.7. The number of likely N-dealkylation sites (tertiary alicyclic amines) is 1. The SMILES string of the molecule is CC(=O)Nc1cc(NC(=O)N2CCCC3(CN(C)C(=O)O3)C2)ccc1F. The first kappa shape index (κ1) is 18.0. The monoisotopic (exact) mass is 364 g/mol. The lowest BCUT2D eigenvalue weighted by Gasteiger charge is -2.38. The van der Waals surface area contributed by atoms with Crippen molar-refractivity contribution in [3.63, 3.8) is 0 Å². The van der Waals surface area contributed by atoms with Crippen LogP contribution in [0.4, 0.5) is 25.4 Å². The number of hydrogen-bond acceptors (Lipinski definition) is 4. The molecule has 1 unspecified atom stereocenters. The maximum atomic E-state index is 13.7. The van der Waals surface area contributed by atoms with Crippen LogP contribution in [0.3, 0.4) is 0 Å². The lowest BCUT2D eigenvalue weighted by Crippen LogP contribution is -2.53. The van der Waals surface area contributed by atoms with Crippen LogP contribution >= 0.6 is 0 Å². The summed E-state index contributed by atoms with van der Waals surface area (Å²) in [5.74, 6) is -0.992. The number of carbonyl (C=O) groups is 3. The van der Waals surface area contributed by atoms with E-state index in [-0.39, 0.29) is 17.8 Å². The van der Waals surface area contributed by atoms with E-state index >= 15 is 0 Å². The Morgan fingerprint density at radius 2 is 2.04 bits per heavy atom. The van der Waals surface area contributed by atoms with Crippen LogP contribution in [0.5, 0.6) is 0 Å². The minimum atomic E-state index is -0.675. The number of urea groups is 1. The molecule has 140 valence electrons. The first-order chi connectivity index (χ1) is 12.3. The molecule has 1 aromatic rings. The van der Waals surface area contributed by atoms with Crippen LogP contribution in [-0.4, -0.2) is 60.1 Å². The Labute approximate surface area is 150 Å². The fraction of sp³-hybridized carbons (Fsp3) is 0.471. The standard InChI is InChI=1S/C17H21FN4O4/c1-11(23)19-14-8-12(4-5-13(14)18)20-15(24)22-7-3-6-17(10-22)9-21(2)16(25)26-17/h4-5,8H,3,6-7,9-10H2,1-2H3,(H,19,23)(H,20,24). The largest absolute Gasteiger partial charge is 0.439 e. The van der Waals surface area contributed by atoms with Gasteiger partial charge in [0.05, 0.1) is 18.8 Å². The van der Waals surface area contributed by atoms with Gasteiger partial charge in [-0.15, -0.1) is 0 Å². The van der Waals surface area contributed by atoms with Gasteiger partial charge < -0.3 is 25.2 Å². The average Bonchev–Trinajstić information content (AvgIpc) is 2.83. The maximum absolute atomic E-state index is 13.7. The third kappa shape index (κ3) is 3.71. The molecule has 0 radical (unpaired) electrons. The highest BCUT2D eigenvalue weighted by Gasteiger charge is 2.47. The fourth-order valence-corrected chi connectivity index (χ4v) is 3.37. The number of nitrogens with zero attached hydrogens (tertiary/aromatic N) is 2. The second-order valence-corrected chi connectivity index (χ2v) is 6.74. The molecule has 9 heteroatoms. The molecule has 1 spiro atoms. The molecule has 2 aliphatic heterocycles. The lowest BCUT2D eigenvalue weighted by atomic mass is 9.93. The second kappa shape index (κ2) is 6.81. The van der Waals surface area contributed by atoms with Crippen molar-refractivity contribution in [2.45, 2.75) is 25.4 Å². The summed E-state index contributed by atoms with van der Waals surface area (Å²) in [6.45, 7) is 2.56. The van der Waals surface area contributed by atoms with Crippen LogP contribution in [0.1, 0.15) is 19.8 Å². The normalized spacial score (nSPS) is 22.3. The number of likely N-dealkylation sites (N-methyl/N-ethyl adjacent to an activating group) is 1. The van der Waals surface area contributed by atoms with Crippen molar-refractivity contribution < 1.29 is 23.5 Å². The highest BCUT2D eigenvalue weighted by molar-refractivity contribution is 5.92. The molecule has 8 nitrogen and oxygen atoms in total. The Morgan fingerprint density at radius 1 is 1.27 bits per heavy atom. The Kier molecular flexibility index (Phi) is 4.71. The number of hydrogen-bond donors (Lipinski definition) is 2. The van der Waals surface area contributed by atoms with Crippen LogP contribution < -0.4 is 10.6 Å². The number of carbonyl (C=O) groups excluding carboxylic acids is 3. The number of rotatable bonds is 2. The molecule has 1 aromatic carbocycles. The summed E-state index contributed by atoms with van der Waals surface area (Å²) in [6.07, 6.45) is 1.04. The molecule has 0 aliphatic carbocycles. The molecule has 0 bridgehead atoms. The molecule has 3 rings (SSSR count). The number of piperidine rings is 1. The van der Waals surface area contributed by atoms with Crippen LogP contribution in [0.2, 0.25) is 0 Å². The molecule has 2 aliphatic rings. The van der Waals surface area contributed by atoms with E-state index in [0.717, 1.165) is 6.42 Å². The Balaban J connectivity index is 1.68. The van der Waals surface area contributed by atoms with Gasteiger partial charge in [0.25, 0.3) is 0 Å². The summed E-state index contributed by atoms with van der Waals surface area (Å²) in [5, 5.41) is 5.07. The van der Waals surface area contributed by atoms with Gasteiger partial charge in [0.1, 0.15) is 11.4 Å². The number of benzene rings is 1. The van der Waals surface area contributed by atoms with Crippen LogP contribution in [0, 0.1) is 5.82 Å². The summed E-state index contributed by atoms with van der Waals surface area (Å²) in [7, 11) is 1.66. The van der Waals surface area contributed by atoms with Crippen molar-refractivity contribution in [2.75, 3.05) is 37.3 Å². The van der Waals surface area contributed by atoms with Crippen LogP contribution in [0.25, 0.3) is 0 Å². The van der Waals surface area contributed by atoms with Gasteiger partial charge >= 0.3 is 12.1 Å². The molecule has 1 atom stereocenters. The zero-order valence-electron chi connectivity index (χ0n) is 14.7. The van der Waals surface area contributed by atoms with Crippen molar-refractivity contribution in [1.82, 2.24) is 9.80 Å². The Morgan fingerprint density at radius 3 is 2.69 bits per heavy atom. The maximum Gasteiger partial charge on any atom is 0.410 e. The lowest BCUT2D eigenvalue weighted by molar-refractivity contribution is -0.114. The zero-order chi connectivity index (χ0) is 18.9. The number of halogens is 1. The van der Waals surface area contributed by atoms with Gasteiger partial charge in [-0.05, 0) is 31.0 Å². The Hall–Kier alpha value is -2.84. The van der Waals surface area contributed by atoms with Gasteiger partial charge in [-0.25, -0.2) is 14.0 Å². The van der Waals surface area contributed by atoms with E-state index in [0.29, 0.717) is 31.7 Å². The smallest absolute Gasteiger partial charge is 0.410 e. The number of amides is 4. The molecule has 4 amide bonds. The quantitative estimate of drug-likeness (QED) is 0.842. The molecular weight excluding hydrogens is 343 g/mol. The number of ether oxygens (including phenoxy) is 1. The molecule has 2 heterocycles. The summed E-state index contributed by atoms with van der Waals surface area (Å²) >= 11 is 0. The predicted molar refractivity (Wildman–Crippen MR) is 92.4 cm³/mol. The topological polar surface area (TPSA) is 91.0 Å². The van der Waals surface area contributed by atoms with Crippen molar-refractivity contribution in [2.24, 2.45) is 0 Å². The third-order valence-corrected chi connectivity index (χ3v) is 4.50. The molecule has 2 saturated heterocycles. The minimum Gasteiger partial charge on any atom is -0.439 e. The van der Waals surface area contributed by atoms with Crippen LogP contribution in [0.15, 0.2) is 18.2 Å². The second-order valence-electron chi connectivity index (χ2n) is 6.74. The molecule has 2 N–H and O–H groups in total. The van der Waals surface area contributed by atoms with E-state index in [1.54, 1.807) is 11.9 Å². The van der Waals surface area contributed by atoms with Crippen molar-refractivity contribution >= 4 is 29.4 Å².